The number of nitrogens with zero attached hydrogens (tertiary/aromatic N) is 1. The fourth-order valence-electron chi connectivity index (χ4n) is 3.26. The molecule has 0 bridgehead atoms. The highest BCUT2D eigenvalue weighted by molar-refractivity contribution is 4.94. The van der Waals surface area contributed by atoms with E-state index in [1.165, 1.54) is 25.7 Å². The monoisotopic (exact) mass is 258 g/mol. The summed E-state index contributed by atoms with van der Waals surface area (Å²) in [6.07, 6.45) is 4.92. The Morgan fingerprint density at radius 1 is 1.28 bits per heavy atom. The number of hydrogen-bond donors (Lipinski definition) is 1. The molecule has 1 aliphatic rings. The molecule has 3 unspecified atom stereocenters. The third-order valence-corrected chi connectivity index (χ3v) is 4.72. The summed E-state index contributed by atoms with van der Waals surface area (Å²) in [6.45, 7) is 5.00. The van der Waals surface area contributed by atoms with E-state index in [1.54, 1.807) is 14.2 Å². The van der Waals surface area contributed by atoms with Gasteiger partial charge in [-0.3, -0.25) is 4.90 Å². The molecule has 0 aromatic heterocycles. The van der Waals surface area contributed by atoms with E-state index >= 15 is 0 Å². The predicted molar refractivity (Wildman–Crippen MR) is 74.4 cm³/mol. The SMILES string of the molecule is COC(OC)C(C)(CN)N(C)C1CCCCC1C. The Hall–Kier alpha value is -0.160. The van der Waals surface area contributed by atoms with Crippen molar-refractivity contribution in [3.05, 3.63) is 0 Å². The summed E-state index contributed by atoms with van der Waals surface area (Å²) < 4.78 is 10.9. The Balaban J connectivity index is 2.85. The maximum atomic E-state index is 6.01. The maximum Gasteiger partial charge on any atom is 0.176 e. The van der Waals surface area contributed by atoms with E-state index in [-0.39, 0.29) is 11.8 Å². The number of nitrogens with two attached hydrogens (primary N) is 1. The van der Waals surface area contributed by atoms with Gasteiger partial charge in [-0.15, -0.1) is 0 Å². The van der Waals surface area contributed by atoms with Gasteiger partial charge in [0.1, 0.15) is 0 Å². The van der Waals surface area contributed by atoms with E-state index < -0.39 is 0 Å². The molecular formula is C14H30N2O2. The number of ether oxygens (including phenoxy) is 2. The summed E-state index contributed by atoms with van der Waals surface area (Å²) in [6, 6.07) is 0.570. The van der Waals surface area contributed by atoms with Crippen molar-refractivity contribution >= 4 is 0 Å². The molecule has 1 rings (SSSR count). The van der Waals surface area contributed by atoms with Crippen LogP contribution in [0.1, 0.15) is 39.5 Å². The van der Waals surface area contributed by atoms with Gasteiger partial charge in [-0.25, -0.2) is 0 Å². The molecule has 1 fully saturated rings. The number of hydrogen-bond acceptors (Lipinski definition) is 4. The van der Waals surface area contributed by atoms with Gasteiger partial charge >= 0.3 is 0 Å². The molecule has 0 saturated heterocycles. The Morgan fingerprint density at radius 3 is 2.28 bits per heavy atom. The smallest absolute Gasteiger partial charge is 0.176 e. The van der Waals surface area contributed by atoms with Crippen LogP contribution in [0.3, 0.4) is 0 Å². The van der Waals surface area contributed by atoms with E-state index in [4.69, 9.17) is 15.2 Å². The molecule has 4 heteroatoms. The molecule has 18 heavy (non-hydrogen) atoms. The van der Waals surface area contributed by atoms with Crippen molar-refractivity contribution in [2.75, 3.05) is 27.8 Å². The molecule has 0 radical (unpaired) electrons. The van der Waals surface area contributed by atoms with E-state index in [1.807, 2.05) is 0 Å². The number of methoxy groups -OCH3 is 2. The molecule has 0 heterocycles. The standard InChI is InChI=1S/C14H30N2O2/c1-11-8-6-7-9-12(11)16(3)14(2,10-15)13(17-4)18-5/h11-13H,6-10,15H2,1-5H3. The largest absolute Gasteiger partial charge is 0.354 e. The van der Waals surface area contributed by atoms with Crippen LogP contribution in [0.25, 0.3) is 0 Å². The molecule has 0 amide bonds. The van der Waals surface area contributed by atoms with E-state index in [0.717, 1.165) is 0 Å². The summed E-state index contributed by atoms with van der Waals surface area (Å²) in [5, 5.41) is 0. The van der Waals surface area contributed by atoms with Crippen LogP contribution in [0.15, 0.2) is 0 Å². The first-order chi connectivity index (χ1) is 8.51. The van der Waals surface area contributed by atoms with Gasteiger partial charge in [0, 0.05) is 26.8 Å². The molecule has 1 saturated carbocycles. The van der Waals surface area contributed by atoms with Crippen molar-refractivity contribution in [1.82, 2.24) is 4.90 Å². The second-order valence-corrected chi connectivity index (χ2v) is 5.80. The molecule has 0 aromatic carbocycles. The molecule has 1 aliphatic carbocycles. The van der Waals surface area contributed by atoms with Gasteiger partial charge in [0.2, 0.25) is 0 Å². The van der Waals surface area contributed by atoms with Gasteiger partial charge in [-0.2, -0.15) is 0 Å². The molecular weight excluding hydrogens is 228 g/mol. The van der Waals surface area contributed by atoms with Crippen LogP contribution in [-0.4, -0.2) is 50.6 Å². The van der Waals surface area contributed by atoms with Crippen molar-refractivity contribution in [3.63, 3.8) is 0 Å². The lowest BCUT2D eigenvalue weighted by Crippen LogP contribution is -2.63. The highest BCUT2D eigenvalue weighted by Crippen LogP contribution is 2.33. The number of rotatable bonds is 6. The molecule has 0 spiro atoms. The van der Waals surface area contributed by atoms with E-state index in [9.17, 15) is 0 Å². The fraction of sp³-hybridized carbons (Fsp3) is 1.00. The van der Waals surface area contributed by atoms with Gasteiger partial charge in [0.25, 0.3) is 0 Å². The Labute approximate surface area is 112 Å². The first kappa shape index (κ1) is 15.9. The molecule has 3 atom stereocenters. The summed E-state index contributed by atoms with van der Waals surface area (Å²) >= 11 is 0. The quantitative estimate of drug-likeness (QED) is 0.738. The first-order valence-corrected chi connectivity index (χ1v) is 6.99. The molecule has 108 valence electrons. The summed E-state index contributed by atoms with van der Waals surface area (Å²) in [7, 11) is 5.52. The maximum absolute atomic E-state index is 6.01. The van der Waals surface area contributed by atoms with Crippen LogP contribution >= 0.6 is 0 Å². The zero-order valence-electron chi connectivity index (χ0n) is 12.6. The van der Waals surface area contributed by atoms with Crippen LogP contribution < -0.4 is 5.73 Å². The number of likely N-dealkylation sites (N-methyl/N-ethyl adjacent to an activating group) is 1. The molecule has 4 nitrogen and oxygen atoms in total. The van der Waals surface area contributed by atoms with Crippen LogP contribution in [0.5, 0.6) is 0 Å². The Bertz CT molecular complexity index is 246. The lowest BCUT2D eigenvalue weighted by molar-refractivity contribution is -0.187. The topological polar surface area (TPSA) is 47.7 Å². The van der Waals surface area contributed by atoms with Crippen LogP contribution in [0.4, 0.5) is 0 Å². The lowest BCUT2D eigenvalue weighted by atomic mass is 9.82. The van der Waals surface area contributed by atoms with Gasteiger partial charge < -0.3 is 15.2 Å². The second kappa shape index (κ2) is 6.85. The minimum absolute atomic E-state index is 0.278. The van der Waals surface area contributed by atoms with Crippen LogP contribution in [0, 0.1) is 5.92 Å². The Kier molecular flexibility index (Phi) is 6.05. The lowest BCUT2D eigenvalue weighted by Gasteiger charge is -2.49. The van der Waals surface area contributed by atoms with E-state index in [2.05, 4.69) is 25.8 Å². The van der Waals surface area contributed by atoms with Crippen molar-refractivity contribution in [1.29, 1.82) is 0 Å². The van der Waals surface area contributed by atoms with E-state index in [0.29, 0.717) is 18.5 Å². The molecule has 0 aliphatic heterocycles. The zero-order valence-corrected chi connectivity index (χ0v) is 12.6. The third-order valence-electron chi connectivity index (χ3n) is 4.72. The van der Waals surface area contributed by atoms with Gasteiger partial charge in [0.15, 0.2) is 6.29 Å². The Morgan fingerprint density at radius 2 is 1.83 bits per heavy atom. The van der Waals surface area contributed by atoms with Gasteiger partial charge in [-0.1, -0.05) is 19.8 Å². The summed E-state index contributed by atoms with van der Waals surface area (Å²) in [5.74, 6) is 0.712. The van der Waals surface area contributed by atoms with Crippen molar-refractivity contribution in [2.24, 2.45) is 11.7 Å². The normalized spacial score (nSPS) is 28.7. The average Bonchev–Trinajstić information content (AvgIpc) is 2.39. The summed E-state index contributed by atoms with van der Waals surface area (Å²) in [5.41, 5.74) is 5.73. The van der Waals surface area contributed by atoms with Crippen molar-refractivity contribution in [3.8, 4) is 0 Å². The zero-order chi connectivity index (χ0) is 13.8. The third kappa shape index (κ3) is 3.05. The second-order valence-electron chi connectivity index (χ2n) is 5.80. The van der Waals surface area contributed by atoms with Crippen LogP contribution in [0.2, 0.25) is 0 Å². The van der Waals surface area contributed by atoms with Crippen LogP contribution in [-0.2, 0) is 9.47 Å². The minimum atomic E-state index is -0.290. The fourth-order valence-corrected chi connectivity index (χ4v) is 3.26. The molecule has 2 N–H and O–H groups in total. The highest BCUT2D eigenvalue weighted by Gasteiger charge is 2.42. The van der Waals surface area contributed by atoms with Gasteiger partial charge in [-0.05, 0) is 32.7 Å². The average molecular weight is 258 g/mol. The van der Waals surface area contributed by atoms with Gasteiger partial charge in [0.05, 0.1) is 5.54 Å². The predicted octanol–water partition coefficient (Wildman–Crippen LogP) is 1.83. The molecule has 0 aromatic rings. The van der Waals surface area contributed by atoms with Crippen molar-refractivity contribution in [2.45, 2.75) is 57.4 Å². The minimum Gasteiger partial charge on any atom is -0.354 e. The highest BCUT2D eigenvalue weighted by atomic mass is 16.7. The first-order valence-electron chi connectivity index (χ1n) is 6.99. The summed E-state index contributed by atoms with van der Waals surface area (Å²) in [4.78, 5) is 2.38. The van der Waals surface area contributed by atoms with Crippen molar-refractivity contribution < 1.29 is 9.47 Å².